The molecule has 0 spiro atoms. The summed E-state index contributed by atoms with van der Waals surface area (Å²) in [6.07, 6.45) is 0. The molecule has 1 aliphatic rings. The number of benzene rings is 1. The molecule has 0 radical (unpaired) electrons. The Labute approximate surface area is 171 Å². The van der Waals surface area contributed by atoms with Crippen molar-refractivity contribution in [2.75, 3.05) is 59.4 Å². The number of piperazine rings is 1. The van der Waals surface area contributed by atoms with E-state index in [1.165, 1.54) is 16.4 Å². The molecule has 1 fully saturated rings. The number of hydrogen-bond donors (Lipinski definition) is 0. The minimum absolute atomic E-state index is 0.0273. The lowest BCUT2D eigenvalue weighted by Gasteiger charge is -2.34. The normalized spacial score (nSPS) is 15.6. The molecule has 0 saturated carbocycles. The van der Waals surface area contributed by atoms with Gasteiger partial charge in [0.25, 0.3) is 0 Å². The number of rotatable bonds is 8. The number of carbonyl (C=O) groups is 2. The quantitative estimate of drug-likeness (QED) is 0.601. The van der Waals surface area contributed by atoms with Crippen LogP contribution in [0, 0.1) is 5.82 Å². The average molecular weight is 429 g/mol. The van der Waals surface area contributed by atoms with E-state index >= 15 is 0 Å². The predicted octanol–water partition coefficient (Wildman–Crippen LogP) is 0.459. The molecule has 1 aromatic carbocycles. The Kier molecular flexibility index (Phi) is 8.12. The second-order valence-electron chi connectivity index (χ2n) is 6.98. The highest BCUT2D eigenvalue weighted by Gasteiger charge is 2.30. The van der Waals surface area contributed by atoms with E-state index in [0.29, 0.717) is 13.1 Å². The Morgan fingerprint density at radius 1 is 1.00 bits per heavy atom. The lowest BCUT2D eigenvalue weighted by Crippen LogP contribution is -2.52. The number of hydrogen-bond acceptors (Lipinski definition) is 5. The molecule has 8 nitrogen and oxygen atoms in total. The van der Waals surface area contributed by atoms with Gasteiger partial charge in [-0.05, 0) is 45.2 Å². The van der Waals surface area contributed by atoms with Gasteiger partial charge in [-0.3, -0.25) is 14.5 Å². The molecule has 2 amide bonds. The molecule has 0 bridgehead atoms. The maximum absolute atomic E-state index is 13.0. The molecule has 0 aliphatic carbocycles. The van der Waals surface area contributed by atoms with E-state index in [9.17, 15) is 22.4 Å². The van der Waals surface area contributed by atoms with Crippen molar-refractivity contribution in [1.82, 2.24) is 19.0 Å². The molecule has 162 valence electrons. The number of likely N-dealkylation sites (N-methyl/N-ethyl adjacent to an activating group) is 2. The van der Waals surface area contributed by atoms with Crippen LogP contribution in [0.3, 0.4) is 0 Å². The van der Waals surface area contributed by atoms with Gasteiger partial charge in [0.1, 0.15) is 5.82 Å². The zero-order valence-corrected chi connectivity index (χ0v) is 18.0. The van der Waals surface area contributed by atoms with Gasteiger partial charge in [-0.1, -0.05) is 0 Å². The fourth-order valence-corrected chi connectivity index (χ4v) is 4.65. The van der Waals surface area contributed by atoms with Crippen molar-refractivity contribution in [3.63, 3.8) is 0 Å². The molecule has 2 rings (SSSR count). The second kappa shape index (κ2) is 10.1. The summed E-state index contributed by atoms with van der Waals surface area (Å²) >= 11 is 0. The summed E-state index contributed by atoms with van der Waals surface area (Å²) in [5.41, 5.74) is 0. The SMILES string of the molecule is CCN(CC)C(=O)CN(C)CC(=O)N1CCN(S(=O)(=O)c2ccc(F)cc2)CC1. The minimum atomic E-state index is -3.71. The first-order chi connectivity index (χ1) is 13.7. The maximum atomic E-state index is 13.0. The summed E-state index contributed by atoms with van der Waals surface area (Å²) < 4.78 is 39.6. The Bertz CT molecular complexity index is 804. The van der Waals surface area contributed by atoms with Crippen LogP contribution in [-0.4, -0.2) is 98.6 Å². The molecule has 1 aromatic rings. The summed E-state index contributed by atoms with van der Waals surface area (Å²) in [7, 11) is -2.00. The third-order valence-electron chi connectivity index (χ3n) is 4.97. The van der Waals surface area contributed by atoms with Crippen LogP contribution in [0.25, 0.3) is 0 Å². The molecular formula is C19H29FN4O4S. The van der Waals surface area contributed by atoms with E-state index < -0.39 is 15.8 Å². The van der Waals surface area contributed by atoms with Gasteiger partial charge in [-0.25, -0.2) is 12.8 Å². The Morgan fingerprint density at radius 3 is 2.07 bits per heavy atom. The standard InChI is InChI=1S/C19H29FN4O4S/c1-4-22(5-2)18(25)14-21(3)15-19(26)23-10-12-24(13-11-23)29(27,28)17-8-6-16(20)7-9-17/h6-9H,4-5,10-15H2,1-3H3. The predicted molar refractivity (Wildman–Crippen MR) is 107 cm³/mol. The van der Waals surface area contributed by atoms with Gasteiger partial charge in [0.15, 0.2) is 0 Å². The highest BCUT2D eigenvalue weighted by Crippen LogP contribution is 2.18. The maximum Gasteiger partial charge on any atom is 0.243 e. The molecule has 0 aromatic heterocycles. The fraction of sp³-hybridized carbons (Fsp3) is 0.579. The number of carbonyl (C=O) groups excluding carboxylic acids is 2. The van der Waals surface area contributed by atoms with Crippen molar-refractivity contribution >= 4 is 21.8 Å². The molecular weight excluding hydrogens is 399 g/mol. The summed E-state index contributed by atoms with van der Waals surface area (Å²) in [4.78, 5) is 29.7. The van der Waals surface area contributed by atoms with Crippen molar-refractivity contribution in [3.05, 3.63) is 30.1 Å². The van der Waals surface area contributed by atoms with Crippen LogP contribution >= 0.6 is 0 Å². The van der Waals surface area contributed by atoms with Crippen molar-refractivity contribution in [2.45, 2.75) is 18.7 Å². The molecule has 0 unspecified atom stereocenters. The summed E-state index contributed by atoms with van der Waals surface area (Å²) in [6.45, 7) is 6.22. The van der Waals surface area contributed by atoms with Crippen LogP contribution in [0.4, 0.5) is 4.39 Å². The largest absolute Gasteiger partial charge is 0.342 e. The topological polar surface area (TPSA) is 81.2 Å². The number of sulfonamides is 1. The lowest BCUT2D eigenvalue weighted by atomic mass is 10.3. The van der Waals surface area contributed by atoms with Gasteiger partial charge in [-0.15, -0.1) is 0 Å². The van der Waals surface area contributed by atoms with E-state index in [4.69, 9.17) is 0 Å². The summed E-state index contributed by atoms with van der Waals surface area (Å²) in [6, 6.07) is 4.71. The number of halogens is 1. The molecule has 10 heteroatoms. The zero-order chi connectivity index (χ0) is 21.6. The van der Waals surface area contributed by atoms with E-state index in [1.807, 2.05) is 13.8 Å². The molecule has 0 atom stereocenters. The second-order valence-corrected chi connectivity index (χ2v) is 8.92. The first-order valence-electron chi connectivity index (χ1n) is 9.68. The summed E-state index contributed by atoms with van der Waals surface area (Å²) in [5.74, 6) is -0.665. The van der Waals surface area contributed by atoms with Crippen LogP contribution < -0.4 is 0 Å². The van der Waals surface area contributed by atoms with E-state index in [1.54, 1.807) is 21.7 Å². The zero-order valence-electron chi connectivity index (χ0n) is 17.2. The van der Waals surface area contributed by atoms with Crippen molar-refractivity contribution in [2.24, 2.45) is 0 Å². The Morgan fingerprint density at radius 2 is 1.55 bits per heavy atom. The van der Waals surface area contributed by atoms with Crippen LogP contribution in [0.15, 0.2) is 29.2 Å². The van der Waals surface area contributed by atoms with Gasteiger partial charge >= 0.3 is 0 Å². The fourth-order valence-electron chi connectivity index (χ4n) is 3.23. The van der Waals surface area contributed by atoms with Gasteiger partial charge in [0.05, 0.1) is 18.0 Å². The van der Waals surface area contributed by atoms with Gasteiger partial charge in [0.2, 0.25) is 21.8 Å². The first kappa shape index (κ1) is 23.2. The number of amides is 2. The van der Waals surface area contributed by atoms with E-state index in [0.717, 1.165) is 12.1 Å². The van der Waals surface area contributed by atoms with Crippen LogP contribution in [0.2, 0.25) is 0 Å². The highest BCUT2D eigenvalue weighted by molar-refractivity contribution is 7.89. The summed E-state index contributed by atoms with van der Waals surface area (Å²) in [5, 5.41) is 0. The van der Waals surface area contributed by atoms with Crippen molar-refractivity contribution < 1.29 is 22.4 Å². The molecule has 1 heterocycles. The lowest BCUT2D eigenvalue weighted by molar-refractivity contribution is -0.135. The van der Waals surface area contributed by atoms with Crippen molar-refractivity contribution in [3.8, 4) is 0 Å². The first-order valence-corrected chi connectivity index (χ1v) is 11.1. The van der Waals surface area contributed by atoms with Gasteiger partial charge in [-0.2, -0.15) is 4.31 Å². The van der Waals surface area contributed by atoms with Crippen molar-refractivity contribution in [1.29, 1.82) is 0 Å². The highest BCUT2D eigenvalue weighted by atomic mass is 32.2. The van der Waals surface area contributed by atoms with Crippen LogP contribution in [0.5, 0.6) is 0 Å². The smallest absolute Gasteiger partial charge is 0.243 e. The van der Waals surface area contributed by atoms with Crippen LogP contribution in [0.1, 0.15) is 13.8 Å². The monoisotopic (exact) mass is 428 g/mol. The van der Waals surface area contributed by atoms with E-state index in [2.05, 4.69) is 0 Å². The molecule has 1 saturated heterocycles. The van der Waals surface area contributed by atoms with Crippen LogP contribution in [-0.2, 0) is 19.6 Å². The van der Waals surface area contributed by atoms with Gasteiger partial charge in [0, 0.05) is 39.3 Å². The minimum Gasteiger partial charge on any atom is -0.342 e. The number of nitrogens with zero attached hydrogens (tertiary/aromatic N) is 4. The Hall–Kier alpha value is -2.04. The molecule has 1 aliphatic heterocycles. The van der Waals surface area contributed by atoms with E-state index in [-0.39, 0.29) is 56.0 Å². The third-order valence-corrected chi connectivity index (χ3v) is 6.88. The van der Waals surface area contributed by atoms with Gasteiger partial charge < -0.3 is 9.80 Å². The molecule has 29 heavy (non-hydrogen) atoms. The average Bonchev–Trinajstić information content (AvgIpc) is 2.69. The third kappa shape index (κ3) is 5.97. The Balaban J connectivity index is 1.87. The molecule has 0 N–H and O–H groups in total.